The average molecular weight is 243 g/mol. The van der Waals surface area contributed by atoms with Crippen LogP contribution in [0, 0.1) is 5.82 Å². The highest BCUT2D eigenvalue weighted by Gasteiger charge is 2.49. The summed E-state index contributed by atoms with van der Waals surface area (Å²) in [6, 6.07) is 3.30. The third kappa shape index (κ3) is 2.06. The number of rotatable bonds is 3. The standard InChI is InChI=1S/C13H16F3N/c1-8(17)13(5-6-13)10-7-9(12(2,15)16)3-4-11(10)14/h3-4,7-8H,5-6,17H2,1-2H3. The molecule has 0 aromatic heterocycles. The minimum absolute atomic E-state index is 0.152. The van der Waals surface area contributed by atoms with Crippen molar-refractivity contribution in [3.63, 3.8) is 0 Å². The molecule has 0 radical (unpaired) electrons. The van der Waals surface area contributed by atoms with Crippen LogP contribution in [0.5, 0.6) is 0 Å². The first-order valence-electron chi connectivity index (χ1n) is 5.71. The molecule has 2 N–H and O–H groups in total. The van der Waals surface area contributed by atoms with Crippen molar-refractivity contribution in [2.75, 3.05) is 0 Å². The predicted molar refractivity (Wildman–Crippen MR) is 60.5 cm³/mol. The summed E-state index contributed by atoms with van der Waals surface area (Å²) in [7, 11) is 0. The molecule has 0 aliphatic heterocycles. The summed E-state index contributed by atoms with van der Waals surface area (Å²) in [6.45, 7) is 2.61. The number of nitrogens with two attached hydrogens (primary N) is 1. The fraction of sp³-hybridized carbons (Fsp3) is 0.538. The predicted octanol–water partition coefficient (Wildman–Crippen LogP) is 3.32. The summed E-state index contributed by atoms with van der Waals surface area (Å²) in [4.78, 5) is 0. The smallest absolute Gasteiger partial charge is 0.270 e. The molecule has 0 amide bonds. The first kappa shape index (κ1) is 12.4. The fourth-order valence-electron chi connectivity index (χ4n) is 2.28. The largest absolute Gasteiger partial charge is 0.327 e. The molecule has 17 heavy (non-hydrogen) atoms. The van der Waals surface area contributed by atoms with Crippen molar-refractivity contribution in [3.8, 4) is 0 Å². The highest BCUT2D eigenvalue weighted by molar-refractivity contribution is 5.38. The lowest BCUT2D eigenvalue weighted by atomic mass is 9.87. The first-order chi connectivity index (χ1) is 7.77. The van der Waals surface area contributed by atoms with Crippen molar-refractivity contribution >= 4 is 0 Å². The van der Waals surface area contributed by atoms with Crippen molar-refractivity contribution in [2.24, 2.45) is 5.73 Å². The third-order valence-electron chi connectivity index (χ3n) is 3.67. The lowest BCUT2D eigenvalue weighted by Gasteiger charge is -2.22. The van der Waals surface area contributed by atoms with E-state index in [1.807, 2.05) is 0 Å². The zero-order valence-electron chi connectivity index (χ0n) is 9.93. The second-order valence-electron chi connectivity index (χ2n) is 5.03. The Morgan fingerprint density at radius 2 is 1.94 bits per heavy atom. The van der Waals surface area contributed by atoms with Crippen LogP contribution < -0.4 is 5.73 Å². The Balaban J connectivity index is 2.48. The molecular formula is C13H16F3N. The lowest BCUT2D eigenvalue weighted by Crippen LogP contribution is -2.32. The summed E-state index contributed by atoms with van der Waals surface area (Å²) < 4.78 is 40.2. The molecule has 0 spiro atoms. The molecule has 0 saturated heterocycles. The van der Waals surface area contributed by atoms with Crippen molar-refractivity contribution in [1.29, 1.82) is 0 Å². The molecule has 2 rings (SSSR count). The molecule has 1 aliphatic rings. The van der Waals surface area contributed by atoms with E-state index in [0.29, 0.717) is 5.56 Å². The topological polar surface area (TPSA) is 26.0 Å². The Bertz CT molecular complexity index is 431. The number of hydrogen-bond donors (Lipinski definition) is 1. The van der Waals surface area contributed by atoms with Gasteiger partial charge in [-0.25, -0.2) is 13.2 Å². The van der Waals surface area contributed by atoms with Crippen LogP contribution in [-0.2, 0) is 11.3 Å². The van der Waals surface area contributed by atoms with Gasteiger partial charge in [0.05, 0.1) is 0 Å². The van der Waals surface area contributed by atoms with Crippen molar-refractivity contribution in [1.82, 2.24) is 0 Å². The van der Waals surface area contributed by atoms with Gasteiger partial charge in [0, 0.05) is 23.9 Å². The Morgan fingerprint density at radius 1 is 1.35 bits per heavy atom. The Kier molecular flexibility index (Phi) is 2.73. The van der Waals surface area contributed by atoms with Gasteiger partial charge in [0.25, 0.3) is 5.92 Å². The van der Waals surface area contributed by atoms with E-state index in [1.54, 1.807) is 6.92 Å². The van der Waals surface area contributed by atoms with E-state index in [-0.39, 0.29) is 11.6 Å². The quantitative estimate of drug-likeness (QED) is 0.866. The summed E-state index contributed by atoms with van der Waals surface area (Å²) in [5.41, 5.74) is 5.59. The van der Waals surface area contributed by atoms with E-state index in [4.69, 9.17) is 5.73 Å². The van der Waals surface area contributed by atoms with Crippen LogP contribution in [0.4, 0.5) is 13.2 Å². The van der Waals surface area contributed by atoms with Crippen LogP contribution in [0.25, 0.3) is 0 Å². The molecule has 0 heterocycles. The van der Waals surface area contributed by atoms with Crippen LogP contribution in [0.15, 0.2) is 18.2 Å². The van der Waals surface area contributed by atoms with Crippen LogP contribution in [0.1, 0.15) is 37.8 Å². The highest BCUT2D eigenvalue weighted by atomic mass is 19.3. The van der Waals surface area contributed by atoms with Gasteiger partial charge in [-0.15, -0.1) is 0 Å². The van der Waals surface area contributed by atoms with Gasteiger partial charge in [-0.2, -0.15) is 0 Å². The fourth-order valence-corrected chi connectivity index (χ4v) is 2.28. The van der Waals surface area contributed by atoms with E-state index in [0.717, 1.165) is 31.9 Å². The molecule has 4 heteroatoms. The van der Waals surface area contributed by atoms with E-state index in [2.05, 4.69) is 0 Å². The van der Waals surface area contributed by atoms with E-state index in [9.17, 15) is 13.2 Å². The van der Waals surface area contributed by atoms with Gasteiger partial charge < -0.3 is 5.73 Å². The second kappa shape index (κ2) is 3.73. The van der Waals surface area contributed by atoms with Gasteiger partial charge in [-0.3, -0.25) is 0 Å². The molecule has 1 aliphatic carbocycles. The molecule has 1 unspecified atom stereocenters. The maximum absolute atomic E-state index is 13.8. The summed E-state index contributed by atoms with van der Waals surface area (Å²) in [5, 5.41) is 0. The van der Waals surface area contributed by atoms with Crippen molar-refractivity contribution in [3.05, 3.63) is 35.1 Å². The van der Waals surface area contributed by atoms with Crippen LogP contribution in [-0.4, -0.2) is 6.04 Å². The van der Waals surface area contributed by atoms with E-state index in [1.165, 1.54) is 6.07 Å². The van der Waals surface area contributed by atoms with Gasteiger partial charge >= 0.3 is 0 Å². The highest BCUT2D eigenvalue weighted by Crippen LogP contribution is 2.51. The van der Waals surface area contributed by atoms with Gasteiger partial charge in [0.15, 0.2) is 0 Å². The Hall–Kier alpha value is -1.03. The van der Waals surface area contributed by atoms with Crippen LogP contribution in [0.3, 0.4) is 0 Å². The first-order valence-corrected chi connectivity index (χ1v) is 5.71. The zero-order chi connectivity index (χ0) is 12.8. The molecule has 1 nitrogen and oxygen atoms in total. The average Bonchev–Trinajstić information content (AvgIpc) is 2.97. The minimum Gasteiger partial charge on any atom is -0.327 e. The van der Waals surface area contributed by atoms with Gasteiger partial charge in [0.2, 0.25) is 0 Å². The second-order valence-corrected chi connectivity index (χ2v) is 5.03. The molecule has 1 saturated carbocycles. The van der Waals surface area contributed by atoms with Crippen LogP contribution in [0.2, 0.25) is 0 Å². The summed E-state index contributed by atoms with van der Waals surface area (Å²) in [6.07, 6.45) is 1.53. The van der Waals surface area contributed by atoms with Gasteiger partial charge in [-0.1, -0.05) is 6.07 Å². The summed E-state index contributed by atoms with van der Waals surface area (Å²) >= 11 is 0. The normalized spacial score (nSPS) is 20.1. The van der Waals surface area contributed by atoms with Crippen molar-refractivity contribution in [2.45, 2.75) is 44.1 Å². The maximum atomic E-state index is 13.8. The molecule has 1 aromatic carbocycles. The zero-order valence-corrected chi connectivity index (χ0v) is 9.93. The molecule has 94 valence electrons. The molecule has 1 atom stereocenters. The lowest BCUT2D eigenvalue weighted by molar-refractivity contribution is 0.0173. The molecule has 1 aromatic rings. The van der Waals surface area contributed by atoms with E-state index < -0.39 is 17.2 Å². The third-order valence-corrected chi connectivity index (χ3v) is 3.67. The molecule has 0 bridgehead atoms. The molecular weight excluding hydrogens is 227 g/mol. The SMILES string of the molecule is CC(N)C1(c2cc(C(C)(F)F)ccc2F)CC1. The Labute approximate surface area is 98.8 Å². The Morgan fingerprint density at radius 3 is 2.35 bits per heavy atom. The monoisotopic (exact) mass is 243 g/mol. The van der Waals surface area contributed by atoms with Crippen LogP contribution >= 0.6 is 0 Å². The van der Waals surface area contributed by atoms with E-state index >= 15 is 0 Å². The van der Waals surface area contributed by atoms with Crippen molar-refractivity contribution < 1.29 is 13.2 Å². The number of benzene rings is 1. The number of halogens is 3. The minimum atomic E-state index is -2.95. The summed E-state index contributed by atoms with van der Waals surface area (Å²) in [5.74, 6) is -3.39. The van der Waals surface area contributed by atoms with Gasteiger partial charge in [-0.05, 0) is 37.5 Å². The van der Waals surface area contributed by atoms with Gasteiger partial charge in [0.1, 0.15) is 5.82 Å². The number of hydrogen-bond acceptors (Lipinski definition) is 1. The number of alkyl halides is 2. The maximum Gasteiger partial charge on any atom is 0.270 e. The molecule has 1 fully saturated rings.